The molecule has 1 aromatic carbocycles. The zero-order valence-electron chi connectivity index (χ0n) is 10.3. The van der Waals surface area contributed by atoms with E-state index in [0.717, 1.165) is 10.6 Å². The van der Waals surface area contributed by atoms with E-state index in [-0.39, 0.29) is 11.7 Å². The second-order valence-electron chi connectivity index (χ2n) is 4.00. The molecule has 2 aromatic rings. The van der Waals surface area contributed by atoms with Crippen LogP contribution in [0.5, 0.6) is 5.75 Å². The molecule has 5 nitrogen and oxygen atoms in total. The van der Waals surface area contributed by atoms with Crippen LogP contribution in [-0.2, 0) is 13.0 Å². The summed E-state index contributed by atoms with van der Waals surface area (Å²) in [5.41, 5.74) is 6.92. The number of rotatable bonds is 5. The minimum atomic E-state index is -0.185. The van der Waals surface area contributed by atoms with E-state index in [2.05, 4.69) is 10.3 Å². The van der Waals surface area contributed by atoms with Gasteiger partial charge in [-0.05, 0) is 24.1 Å². The lowest BCUT2D eigenvalue weighted by molar-refractivity contribution is 0.0949. The summed E-state index contributed by atoms with van der Waals surface area (Å²) < 4.78 is 0. The van der Waals surface area contributed by atoms with E-state index in [9.17, 15) is 4.79 Å². The van der Waals surface area contributed by atoms with Gasteiger partial charge in [0.2, 0.25) is 0 Å². The number of carbonyl (C=O) groups excluding carboxylic acids is 1. The molecule has 0 aliphatic heterocycles. The Kier molecular flexibility index (Phi) is 4.48. The fourth-order valence-corrected chi connectivity index (χ4v) is 2.24. The van der Waals surface area contributed by atoms with Crippen molar-refractivity contribution in [2.24, 2.45) is 5.73 Å². The molecule has 1 amide bonds. The number of nitrogens with one attached hydrogen (secondary N) is 1. The monoisotopic (exact) mass is 277 g/mol. The number of thiazole rings is 1. The lowest BCUT2D eigenvalue weighted by Crippen LogP contribution is -2.26. The number of aromatic nitrogens is 1. The molecule has 4 N–H and O–H groups in total. The maximum Gasteiger partial charge on any atom is 0.270 e. The molecule has 0 atom stereocenters. The lowest BCUT2D eigenvalue weighted by Gasteiger charge is -2.03. The first-order valence-electron chi connectivity index (χ1n) is 5.89. The van der Waals surface area contributed by atoms with Crippen molar-refractivity contribution in [3.05, 3.63) is 45.9 Å². The van der Waals surface area contributed by atoms with E-state index in [1.165, 1.54) is 11.3 Å². The van der Waals surface area contributed by atoms with Crippen molar-refractivity contribution in [2.75, 3.05) is 6.54 Å². The molecule has 19 heavy (non-hydrogen) atoms. The molecule has 0 spiro atoms. The molecule has 0 aliphatic rings. The van der Waals surface area contributed by atoms with Crippen LogP contribution in [-0.4, -0.2) is 22.5 Å². The number of nitrogens with zero attached hydrogens (tertiary/aromatic N) is 1. The summed E-state index contributed by atoms with van der Waals surface area (Å²) in [6, 6.07) is 6.92. The summed E-state index contributed by atoms with van der Waals surface area (Å²) in [5.74, 6) is 0.0549. The predicted molar refractivity (Wildman–Crippen MR) is 74.1 cm³/mol. The highest BCUT2D eigenvalue weighted by atomic mass is 32.1. The first-order valence-corrected chi connectivity index (χ1v) is 6.77. The van der Waals surface area contributed by atoms with E-state index < -0.39 is 0 Å². The smallest absolute Gasteiger partial charge is 0.270 e. The second kappa shape index (κ2) is 6.31. The first kappa shape index (κ1) is 13.5. The zero-order valence-corrected chi connectivity index (χ0v) is 11.1. The average molecular weight is 277 g/mol. The predicted octanol–water partition coefficient (Wildman–Crippen LogP) is 1.28. The maximum atomic E-state index is 11.8. The van der Waals surface area contributed by atoms with Gasteiger partial charge < -0.3 is 16.2 Å². The Labute approximate surface area is 115 Å². The van der Waals surface area contributed by atoms with Crippen LogP contribution >= 0.6 is 11.3 Å². The molecule has 0 aliphatic carbocycles. The molecule has 1 aromatic heterocycles. The quantitative estimate of drug-likeness (QED) is 0.768. The Balaban J connectivity index is 1.82. The van der Waals surface area contributed by atoms with Gasteiger partial charge >= 0.3 is 0 Å². The largest absolute Gasteiger partial charge is 0.508 e. The van der Waals surface area contributed by atoms with E-state index in [4.69, 9.17) is 10.8 Å². The van der Waals surface area contributed by atoms with Crippen molar-refractivity contribution in [3.8, 4) is 5.75 Å². The van der Waals surface area contributed by atoms with Crippen molar-refractivity contribution in [3.63, 3.8) is 0 Å². The molecule has 2 rings (SSSR count). The number of benzene rings is 1. The van der Waals surface area contributed by atoms with Crippen molar-refractivity contribution in [1.29, 1.82) is 0 Å². The summed E-state index contributed by atoms with van der Waals surface area (Å²) in [6.45, 7) is 0.880. The zero-order chi connectivity index (χ0) is 13.7. The molecule has 0 bridgehead atoms. The summed E-state index contributed by atoms with van der Waals surface area (Å²) in [5, 5.41) is 14.4. The lowest BCUT2D eigenvalue weighted by atomic mass is 10.1. The third-order valence-electron chi connectivity index (χ3n) is 2.59. The third-order valence-corrected chi connectivity index (χ3v) is 3.47. The van der Waals surface area contributed by atoms with Gasteiger partial charge in [0, 0.05) is 18.5 Å². The van der Waals surface area contributed by atoms with Crippen LogP contribution in [0.15, 0.2) is 29.6 Å². The Morgan fingerprint density at radius 1 is 1.37 bits per heavy atom. The number of phenolic OH excluding ortho intramolecular Hbond substituents is 1. The molecule has 100 valence electrons. The normalized spacial score (nSPS) is 10.4. The fourth-order valence-electron chi connectivity index (χ4n) is 1.58. The summed E-state index contributed by atoms with van der Waals surface area (Å²) in [7, 11) is 0. The average Bonchev–Trinajstić information content (AvgIpc) is 2.90. The topological polar surface area (TPSA) is 88.2 Å². The van der Waals surface area contributed by atoms with Crippen LogP contribution in [0.25, 0.3) is 0 Å². The first-order chi connectivity index (χ1) is 9.19. The second-order valence-corrected chi connectivity index (χ2v) is 4.95. The van der Waals surface area contributed by atoms with E-state index in [0.29, 0.717) is 25.2 Å². The number of amides is 1. The molecule has 6 heteroatoms. The number of nitrogens with two attached hydrogens (primary N) is 1. The molecule has 0 radical (unpaired) electrons. The maximum absolute atomic E-state index is 11.8. The molecule has 0 fully saturated rings. The van der Waals surface area contributed by atoms with Gasteiger partial charge in [0.25, 0.3) is 5.91 Å². The summed E-state index contributed by atoms with van der Waals surface area (Å²) in [6.07, 6.45) is 0.708. The van der Waals surface area contributed by atoms with Gasteiger partial charge in [0.05, 0.1) is 0 Å². The van der Waals surface area contributed by atoms with Gasteiger partial charge in [-0.25, -0.2) is 4.98 Å². The highest BCUT2D eigenvalue weighted by molar-refractivity contribution is 7.09. The number of carbonyl (C=O) groups is 1. The van der Waals surface area contributed by atoms with Crippen molar-refractivity contribution < 1.29 is 9.90 Å². The van der Waals surface area contributed by atoms with Gasteiger partial charge in [0.1, 0.15) is 16.5 Å². The van der Waals surface area contributed by atoms with Gasteiger partial charge in [-0.15, -0.1) is 11.3 Å². The van der Waals surface area contributed by atoms with Crippen LogP contribution in [0.3, 0.4) is 0 Å². The SMILES string of the molecule is NCc1nc(C(=O)NCCc2ccc(O)cc2)cs1. The fraction of sp³-hybridized carbons (Fsp3) is 0.231. The van der Waals surface area contributed by atoms with Crippen LogP contribution in [0.2, 0.25) is 0 Å². The van der Waals surface area contributed by atoms with Gasteiger partial charge in [-0.3, -0.25) is 4.79 Å². The minimum absolute atomic E-state index is 0.185. The Hall–Kier alpha value is -1.92. The Morgan fingerprint density at radius 3 is 2.74 bits per heavy atom. The van der Waals surface area contributed by atoms with Crippen LogP contribution in [0.4, 0.5) is 0 Å². The van der Waals surface area contributed by atoms with Crippen LogP contribution in [0, 0.1) is 0 Å². The molecular formula is C13H15N3O2S. The molecular weight excluding hydrogens is 262 g/mol. The highest BCUT2D eigenvalue weighted by Crippen LogP contribution is 2.10. The molecule has 0 unspecified atom stereocenters. The van der Waals surface area contributed by atoms with Crippen molar-refractivity contribution in [2.45, 2.75) is 13.0 Å². The summed E-state index contributed by atoms with van der Waals surface area (Å²) >= 11 is 1.38. The van der Waals surface area contributed by atoms with Crippen LogP contribution in [0.1, 0.15) is 21.1 Å². The minimum Gasteiger partial charge on any atom is -0.508 e. The van der Waals surface area contributed by atoms with E-state index in [1.807, 2.05) is 12.1 Å². The number of hydrogen-bond acceptors (Lipinski definition) is 5. The van der Waals surface area contributed by atoms with Crippen LogP contribution < -0.4 is 11.1 Å². The molecule has 0 saturated carbocycles. The standard InChI is InChI=1S/C13H15N3O2S/c14-7-12-16-11(8-19-12)13(18)15-6-5-9-1-3-10(17)4-2-9/h1-4,8,17H,5-7,14H2,(H,15,18). The molecule has 0 saturated heterocycles. The van der Waals surface area contributed by atoms with E-state index in [1.54, 1.807) is 17.5 Å². The van der Waals surface area contributed by atoms with Gasteiger partial charge in [-0.1, -0.05) is 12.1 Å². The number of aromatic hydroxyl groups is 1. The van der Waals surface area contributed by atoms with E-state index >= 15 is 0 Å². The Morgan fingerprint density at radius 2 is 2.11 bits per heavy atom. The highest BCUT2D eigenvalue weighted by Gasteiger charge is 2.09. The van der Waals surface area contributed by atoms with Crippen molar-refractivity contribution >= 4 is 17.2 Å². The van der Waals surface area contributed by atoms with Gasteiger partial charge in [-0.2, -0.15) is 0 Å². The molecule has 1 heterocycles. The number of phenols is 1. The third kappa shape index (κ3) is 3.77. The summed E-state index contributed by atoms with van der Waals surface area (Å²) in [4.78, 5) is 15.9. The Bertz CT molecular complexity index is 551. The van der Waals surface area contributed by atoms with Crippen molar-refractivity contribution in [1.82, 2.24) is 10.3 Å². The number of hydrogen-bond donors (Lipinski definition) is 3. The van der Waals surface area contributed by atoms with Gasteiger partial charge in [0.15, 0.2) is 0 Å².